The second-order valence-electron chi connectivity index (χ2n) is 4.07. The first kappa shape index (κ1) is 12.8. The molecule has 1 unspecified atom stereocenters. The van der Waals surface area contributed by atoms with Gasteiger partial charge in [0.2, 0.25) is 0 Å². The Kier molecular flexibility index (Phi) is 4.02. The van der Waals surface area contributed by atoms with Gasteiger partial charge < -0.3 is 5.11 Å². The van der Waals surface area contributed by atoms with Crippen LogP contribution in [0, 0.1) is 6.92 Å². The second kappa shape index (κ2) is 5.34. The van der Waals surface area contributed by atoms with Crippen molar-refractivity contribution in [2.45, 2.75) is 26.4 Å². The Bertz CT molecular complexity index is 519. The van der Waals surface area contributed by atoms with Crippen molar-refractivity contribution in [2.75, 3.05) is 0 Å². The molecular formula is C14H15BrOS. The largest absolute Gasteiger partial charge is 0.383 e. The van der Waals surface area contributed by atoms with Crippen molar-refractivity contribution in [1.29, 1.82) is 0 Å². The molecule has 0 bridgehead atoms. The van der Waals surface area contributed by atoms with Crippen molar-refractivity contribution in [3.8, 4) is 0 Å². The van der Waals surface area contributed by atoms with E-state index in [4.69, 9.17) is 0 Å². The minimum absolute atomic E-state index is 0.507. The van der Waals surface area contributed by atoms with Crippen LogP contribution in [0.25, 0.3) is 0 Å². The zero-order chi connectivity index (χ0) is 12.4. The summed E-state index contributed by atoms with van der Waals surface area (Å²) in [6, 6.07) is 10.1. The molecule has 1 atom stereocenters. The van der Waals surface area contributed by atoms with Gasteiger partial charge in [-0.05, 0) is 42.7 Å². The molecular weight excluding hydrogens is 296 g/mol. The highest BCUT2D eigenvalue weighted by molar-refractivity contribution is 9.10. The van der Waals surface area contributed by atoms with Crippen LogP contribution in [-0.4, -0.2) is 5.11 Å². The van der Waals surface area contributed by atoms with Crippen LogP contribution in [0.3, 0.4) is 0 Å². The summed E-state index contributed by atoms with van der Waals surface area (Å²) < 4.78 is 1.08. The fraction of sp³-hybridized carbons (Fsp3) is 0.286. The maximum absolute atomic E-state index is 10.3. The highest BCUT2D eigenvalue weighted by Gasteiger charge is 2.13. The molecule has 1 aromatic carbocycles. The summed E-state index contributed by atoms with van der Waals surface area (Å²) >= 11 is 5.16. The number of rotatable bonds is 3. The molecule has 0 saturated carbocycles. The van der Waals surface area contributed by atoms with Crippen molar-refractivity contribution in [2.24, 2.45) is 0 Å². The third kappa shape index (κ3) is 2.79. The normalized spacial score (nSPS) is 12.7. The Balaban J connectivity index is 2.29. The number of hydrogen-bond donors (Lipinski definition) is 1. The molecule has 90 valence electrons. The zero-order valence-corrected chi connectivity index (χ0v) is 12.3. The van der Waals surface area contributed by atoms with E-state index in [1.54, 1.807) is 11.3 Å². The van der Waals surface area contributed by atoms with E-state index < -0.39 is 6.10 Å². The van der Waals surface area contributed by atoms with E-state index in [1.807, 2.05) is 31.2 Å². The van der Waals surface area contributed by atoms with Crippen molar-refractivity contribution in [3.05, 3.63) is 55.7 Å². The summed E-state index contributed by atoms with van der Waals surface area (Å²) in [5.74, 6) is 0. The molecule has 0 aliphatic rings. The maximum Gasteiger partial charge on any atom is 0.113 e. The first-order valence-corrected chi connectivity index (χ1v) is 7.25. The van der Waals surface area contributed by atoms with Gasteiger partial charge in [0.05, 0.1) is 0 Å². The molecule has 2 aromatic rings. The lowest BCUT2D eigenvalue weighted by Crippen LogP contribution is -1.97. The Morgan fingerprint density at radius 1 is 1.29 bits per heavy atom. The molecule has 0 fully saturated rings. The minimum Gasteiger partial charge on any atom is -0.383 e. The third-order valence-electron chi connectivity index (χ3n) is 2.80. The first-order valence-electron chi connectivity index (χ1n) is 5.64. The van der Waals surface area contributed by atoms with Crippen LogP contribution in [0.15, 0.2) is 34.8 Å². The predicted octanol–water partition coefficient (Wildman–Crippen LogP) is 4.46. The van der Waals surface area contributed by atoms with Gasteiger partial charge in [0, 0.05) is 14.2 Å². The van der Waals surface area contributed by atoms with Gasteiger partial charge in [0.25, 0.3) is 0 Å². The predicted molar refractivity (Wildman–Crippen MR) is 76.6 cm³/mol. The minimum atomic E-state index is -0.507. The molecule has 0 amide bonds. The molecule has 1 N–H and O–H groups in total. The lowest BCUT2D eigenvalue weighted by molar-refractivity contribution is 0.224. The van der Waals surface area contributed by atoms with Gasteiger partial charge in [-0.3, -0.25) is 0 Å². The molecule has 17 heavy (non-hydrogen) atoms. The van der Waals surface area contributed by atoms with Gasteiger partial charge in [-0.15, -0.1) is 11.3 Å². The van der Waals surface area contributed by atoms with Crippen LogP contribution in [0.4, 0.5) is 0 Å². The van der Waals surface area contributed by atoms with Crippen LogP contribution >= 0.6 is 27.3 Å². The zero-order valence-electron chi connectivity index (χ0n) is 9.90. The number of aliphatic hydroxyl groups excluding tert-OH is 1. The third-order valence-corrected chi connectivity index (χ3v) is 4.97. The molecule has 2 rings (SSSR count). The van der Waals surface area contributed by atoms with Crippen LogP contribution < -0.4 is 0 Å². The summed E-state index contributed by atoms with van der Waals surface area (Å²) in [4.78, 5) is 2.33. The Morgan fingerprint density at radius 3 is 2.65 bits per heavy atom. The van der Waals surface area contributed by atoms with Gasteiger partial charge in [0.15, 0.2) is 0 Å². The maximum atomic E-state index is 10.3. The van der Waals surface area contributed by atoms with Gasteiger partial charge >= 0.3 is 0 Å². The van der Waals surface area contributed by atoms with Crippen molar-refractivity contribution < 1.29 is 5.11 Å². The lowest BCUT2D eigenvalue weighted by Gasteiger charge is -2.10. The number of aliphatic hydroxyl groups is 1. The van der Waals surface area contributed by atoms with Crippen molar-refractivity contribution in [3.63, 3.8) is 0 Å². The first-order chi connectivity index (χ1) is 8.11. The SMILES string of the molecule is CCc1ccc(C(O)c2ccc(Br)c(C)c2)s1. The van der Waals surface area contributed by atoms with E-state index in [-0.39, 0.29) is 0 Å². The fourth-order valence-electron chi connectivity index (χ4n) is 1.73. The Morgan fingerprint density at radius 2 is 2.06 bits per heavy atom. The standard InChI is InChI=1S/C14H15BrOS/c1-3-11-5-7-13(17-11)14(16)10-4-6-12(15)9(2)8-10/h4-8,14,16H,3H2,1-2H3. The highest BCUT2D eigenvalue weighted by Crippen LogP contribution is 2.30. The highest BCUT2D eigenvalue weighted by atomic mass is 79.9. The number of benzene rings is 1. The number of hydrogen-bond acceptors (Lipinski definition) is 2. The average molecular weight is 311 g/mol. The van der Waals surface area contributed by atoms with Crippen molar-refractivity contribution >= 4 is 27.3 Å². The molecule has 1 aromatic heterocycles. The molecule has 0 aliphatic carbocycles. The summed E-state index contributed by atoms with van der Waals surface area (Å²) in [7, 11) is 0. The Labute approximate surface area is 114 Å². The van der Waals surface area contributed by atoms with E-state index in [2.05, 4.69) is 28.9 Å². The van der Waals surface area contributed by atoms with Crippen LogP contribution in [0.1, 0.15) is 33.9 Å². The number of halogens is 1. The summed E-state index contributed by atoms with van der Waals surface area (Å²) in [5, 5.41) is 10.3. The topological polar surface area (TPSA) is 20.2 Å². The number of aryl methyl sites for hydroxylation is 2. The van der Waals surface area contributed by atoms with Crippen molar-refractivity contribution in [1.82, 2.24) is 0 Å². The smallest absolute Gasteiger partial charge is 0.113 e. The summed E-state index contributed by atoms with van der Waals surface area (Å²) in [5.41, 5.74) is 2.10. The monoisotopic (exact) mass is 310 g/mol. The van der Waals surface area contributed by atoms with Crippen LogP contribution in [0.5, 0.6) is 0 Å². The second-order valence-corrected chi connectivity index (χ2v) is 6.12. The molecule has 3 heteroatoms. The molecule has 0 radical (unpaired) electrons. The van der Waals surface area contributed by atoms with Gasteiger partial charge in [-0.25, -0.2) is 0 Å². The molecule has 0 spiro atoms. The Hall–Kier alpha value is -0.640. The van der Waals surface area contributed by atoms with Gasteiger partial charge in [-0.2, -0.15) is 0 Å². The molecule has 0 saturated heterocycles. The van der Waals surface area contributed by atoms with E-state index in [0.29, 0.717) is 0 Å². The van der Waals surface area contributed by atoms with E-state index in [9.17, 15) is 5.11 Å². The summed E-state index contributed by atoms with van der Waals surface area (Å²) in [6.45, 7) is 4.16. The van der Waals surface area contributed by atoms with Crippen LogP contribution in [-0.2, 0) is 6.42 Å². The van der Waals surface area contributed by atoms with Gasteiger partial charge in [-0.1, -0.05) is 35.0 Å². The van der Waals surface area contributed by atoms with E-state index in [1.165, 1.54) is 4.88 Å². The fourth-order valence-corrected chi connectivity index (χ4v) is 2.95. The molecule has 1 heterocycles. The molecule has 1 nitrogen and oxygen atoms in total. The van der Waals surface area contributed by atoms with Crippen LogP contribution in [0.2, 0.25) is 0 Å². The quantitative estimate of drug-likeness (QED) is 0.887. The number of thiophene rings is 1. The summed E-state index contributed by atoms with van der Waals surface area (Å²) in [6.07, 6.45) is 0.517. The van der Waals surface area contributed by atoms with Gasteiger partial charge in [0.1, 0.15) is 6.10 Å². The lowest BCUT2D eigenvalue weighted by atomic mass is 10.1. The molecule has 0 aliphatic heterocycles. The average Bonchev–Trinajstić information content (AvgIpc) is 2.80. The van der Waals surface area contributed by atoms with E-state index in [0.717, 1.165) is 26.9 Å². The van der Waals surface area contributed by atoms with E-state index >= 15 is 0 Å².